The summed E-state index contributed by atoms with van der Waals surface area (Å²) in [6.45, 7) is 0. The van der Waals surface area contributed by atoms with Crippen molar-refractivity contribution in [1.82, 2.24) is 4.57 Å². The van der Waals surface area contributed by atoms with Crippen molar-refractivity contribution in [3.05, 3.63) is 178 Å². The van der Waals surface area contributed by atoms with Crippen molar-refractivity contribution >= 4 is 57.6 Å². The molecule has 0 fully saturated rings. The highest BCUT2D eigenvalue weighted by Gasteiger charge is 2.36. The van der Waals surface area contributed by atoms with Crippen LogP contribution in [0, 0.1) is 12.1 Å². The topological polar surface area (TPSA) is 42.1 Å². The zero-order valence-electron chi connectivity index (χ0n) is 26.2. The zero-order chi connectivity index (χ0) is 31.6. The van der Waals surface area contributed by atoms with Crippen molar-refractivity contribution in [2.75, 3.05) is 10.6 Å². The summed E-state index contributed by atoms with van der Waals surface area (Å²) >= 11 is 0. The molecule has 2 N–H and O–H groups in total. The molecule has 0 saturated carbocycles. The zero-order valence-corrected chi connectivity index (χ0v) is 26.2. The number of aromatic nitrogens is 1. The molecule has 10 rings (SSSR count). The smallest absolute Gasteiger partial charge is 0.218 e. The van der Waals surface area contributed by atoms with Crippen LogP contribution in [-0.2, 0) is 6.42 Å². The van der Waals surface area contributed by atoms with Crippen LogP contribution in [0.25, 0.3) is 46.0 Å². The van der Waals surface area contributed by atoms with Gasteiger partial charge in [0.1, 0.15) is 17.6 Å². The van der Waals surface area contributed by atoms with Crippen LogP contribution in [0.3, 0.4) is 0 Å². The van der Waals surface area contributed by atoms with Crippen molar-refractivity contribution in [3.8, 4) is 0 Å². The quantitative estimate of drug-likeness (QED) is 0.208. The Kier molecular flexibility index (Phi) is 6.01. The first-order valence-electron chi connectivity index (χ1n) is 16.6. The van der Waals surface area contributed by atoms with E-state index in [2.05, 4.69) is 167 Å². The summed E-state index contributed by atoms with van der Waals surface area (Å²) in [5.41, 5.74) is 8.23. The van der Waals surface area contributed by atoms with Crippen LogP contribution in [0.4, 0.5) is 11.6 Å². The van der Waals surface area contributed by atoms with Gasteiger partial charge in [0.15, 0.2) is 0 Å². The number of anilines is 2. The van der Waals surface area contributed by atoms with Gasteiger partial charge in [0.25, 0.3) is 0 Å². The van der Waals surface area contributed by atoms with E-state index in [1.165, 1.54) is 38.2 Å². The van der Waals surface area contributed by atoms with E-state index < -0.39 is 0 Å². The maximum absolute atomic E-state index is 6.59. The summed E-state index contributed by atoms with van der Waals surface area (Å²) in [6, 6.07) is 45.2. The second-order valence-electron chi connectivity index (χ2n) is 12.8. The predicted molar refractivity (Wildman–Crippen MR) is 196 cm³/mol. The Morgan fingerprint density at radius 2 is 1.58 bits per heavy atom. The molecule has 0 spiro atoms. The Morgan fingerprint density at radius 1 is 0.792 bits per heavy atom. The Morgan fingerprint density at radius 3 is 2.46 bits per heavy atom. The molecule has 0 bridgehead atoms. The number of fused-ring (bicyclic) bond motifs is 8. The molecule has 228 valence electrons. The molecule has 2 aromatic heterocycles. The first kappa shape index (κ1) is 27.0. The van der Waals surface area contributed by atoms with E-state index in [-0.39, 0.29) is 18.1 Å². The summed E-state index contributed by atoms with van der Waals surface area (Å²) in [6.07, 6.45) is 14.3. The van der Waals surface area contributed by atoms with Gasteiger partial charge in [0.05, 0.1) is 11.6 Å². The lowest BCUT2D eigenvalue weighted by Crippen LogP contribution is -2.41. The monoisotopic (exact) mass is 617 g/mol. The van der Waals surface area contributed by atoms with Gasteiger partial charge in [-0.2, -0.15) is 0 Å². The molecule has 5 aromatic carbocycles. The van der Waals surface area contributed by atoms with Gasteiger partial charge in [-0.1, -0.05) is 121 Å². The van der Waals surface area contributed by atoms with Gasteiger partial charge >= 0.3 is 0 Å². The van der Waals surface area contributed by atoms with E-state index in [4.69, 9.17) is 4.42 Å². The summed E-state index contributed by atoms with van der Waals surface area (Å²) in [5.74, 6) is 1.78. The lowest BCUT2D eigenvalue weighted by Gasteiger charge is -2.36. The predicted octanol–water partition coefficient (Wildman–Crippen LogP) is 8.75. The van der Waals surface area contributed by atoms with E-state index in [1.54, 1.807) is 0 Å². The van der Waals surface area contributed by atoms with Gasteiger partial charge in [-0.15, -0.1) is 0 Å². The molecule has 3 aliphatic rings. The van der Waals surface area contributed by atoms with E-state index in [0.717, 1.165) is 45.6 Å². The van der Waals surface area contributed by atoms with E-state index >= 15 is 0 Å². The summed E-state index contributed by atoms with van der Waals surface area (Å²) < 4.78 is 9.09. The Bertz CT molecular complexity index is 2550. The lowest BCUT2D eigenvalue weighted by molar-refractivity contribution is 0.461. The van der Waals surface area contributed by atoms with Gasteiger partial charge in [-0.05, 0) is 70.5 Å². The van der Waals surface area contributed by atoms with Crippen molar-refractivity contribution in [3.63, 3.8) is 0 Å². The third-order valence-corrected chi connectivity index (χ3v) is 10.1. The molecular weight excluding hydrogens is 587 g/mol. The van der Waals surface area contributed by atoms with E-state index in [1.807, 2.05) is 6.07 Å². The maximum Gasteiger partial charge on any atom is 0.218 e. The molecular formula is C44H31N3O. The van der Waals surface area contributed by atoms with E-state index in [0.29, 0.717) is 0 Å². The average molecular weight is 618 g/mol. The lowest BCUT2D eigenvalue weighted by atomic mass is 9.98. The molecule has 0 radical (unpaired) electrons. The molecule has 48 heavy (non-hydrogen) atoms. The van der Waals surface area contributed by atoms with Crippen LogP contribution >= 0.6 is 0 Å². The first-order valence-corrected chi connectivity index (χ1v) is 16.6. The average Bonchev–Trinajstić information content (AvgIpc) is 3.43. The highest BCUT2D eigenvalue weighted by Crippen LogP contribution is 2.46. The maximum atomic E-state index is 6.59. The second-order valence-corrected chi connectivity index (χ2v) is 12.8. The van der Waals surface area contributed by atoms with Crippen LogP contribution in [-0.4, -0.2) is 4.57 Å². The van der Waals surface area contributed by atoms with Crippen molar-refractivity contribution in [1.29, 1.82) is 0 Å². The fraction of sp³-hybridized carbons (Fsp3) is 0.0909. The molecule has 2 aliphatic carbocycles. The van der Waals surface area contributed by atoms with Gasteiger partial charge in [-0.25, -0.2) is 0 Å². The number of benzene rings is 4. The molecule has 4 nitrogen and oxygen atoms in total. The number of nitrogens with one attached hydrogen (secondary N) is 2. The number of nitrogens with zero attached hydrogens (tertiary/aromatic N) is 1. The van der Waals surface area contributed by atoms with Crippen LogP contribution in [0.1, 0.15) is 51.7 Å². The van der Waals surface area contributed by atoms with Crippen molar-refractivity contribution < 1.29 is 4.42 Å². The SMILES string of the molecule is c1ccc2cc3c4c(n(C5Nc6c(oc7c6C=CC(c6ccccc6)C=C7)NC5c5ccccc5)c3cc2c#1)=CCc1ccccc1C=4. The van der Waals surface area contributed by atoms with Crippen LogP contribution in [0.5, 0.6) is 0 Å². The summed E-state index contributed by atoms with van der Waals surface area (Å²) in [4.78, 5) is 0. The molecule has 7 aromatic rings. The molecule has 1 aliphatic heterocycles. The molecule has 3 atom stereocenters. The highest BCUT2D eigenvalue weighted by molar-refractivity contribution is 5.98. The van der Waals surface area contributed by atoms with Crippen molar-refractivity contribution in [2.45, 2.75) is 24.5 Å². The number of hydrogen-bond donors (Lipinski definition) is 2. The number of rotatable bonds is 3. The third-order valence-electron chi connectivity index (χ3n) is 10.1. The standard InChI is InChI=1S/C44H31N3O/c1-3-11-28(12-4-1)30-19-22-35-40(24-21-30)48-44-42(35)45-43(41(46-44)31-14-5-2-6-15-31)47-38-23-20-29-13-7-8-16-32(29)25-36(38)37-26-33-17-9-10-18-34(33)27-39(37)47/h1-9,11-17,19,21-27,30,41,43,45-46H,20H2. The fourth-order valence-electron chi connectivity index (χ4n) is 7.74. The molecule has 3 heterocycles. The van der Waals surface area contributed by atoms with Gasteiger partial charge in [0, 0.05) is 32.8 Å². The normalized spacial score (nSPS) is 18.9. The first-order chi connectivity index (χ1) is 23.8. The van der Waals surface area contributed by atoms with Gasteiger partial charge < -0.3 is 19.6 Å². The van der Waals surface area contributed by atoms with Crippen LogP contribution in [0.15, 0.2) is 126 Å². The van der Waals surface area contributed by atoms with E-state index in [9.17, 15) is 0 Å². The molecule has 0 amide bonds. The Balaban J connectivity index is 1.20. The van der Waals surface area contributed by atoms with Gasteiger partial charge in [-0.3, -0.25) is 0 Å². The number of furan rings is 1. The molecule has 0 saturated heterocycles. The Labute approximate surface area is 278 Å². The Hall–Kier alpha value is -6.18. The van der Waals surface area contributed by atoms with Gasteiger partial charge in [0.2, 0.25) is 5.88 Å². The summed E-state index contributed by atoms with van der Waals surface area (Å²) in [7, 11) is 0. The second kappa shape index (κ2) is 10.7. The number of allylic oxidation sites excluding steroid dienone is 2. The minimum absolute atomic E-state index is 0.112. The van der Waals surface area contributed by atoms with Crippen LogP contribution in [0.2, 0.25) is 0 Å². The molecule has 4 heteroatoms. The minimum atomic E-state index is -0.172. The largest absolute Gasteiger partial charge is 0.438 e. The van der Waals surface area contributed by atoms with Crippen molar-refractivity contribution in [2.24, 2.45) is 0 Å². The van der Waals surface area contributed by atoms with Crippen LogP contribution < -0.4 is 21.2 Å². The highest BCUT2D eigenvalue weighted by atomic mass is 16.4. The number of hydrogen-bond acceptors (Lipinski definition) is 3. The molecule has 3 unspecified atom stereocenters. The third kappa shape index (κ3) is 4.25. The summed E-state index contributed by atoms with van der Waals surface area (Å²) in [5, 5.41) is 13.8. The minimum Gasteiger partial charge on any atom is -0.438 e. The fourth-order valence-corrected chi connectivity index (χ4v) is 7.74.